The molecule has 24 heavy (non-hydrogen) atoms. The normalized spacial score (nSPS) is 21.2. The van der Waals surface area contributed by atoms with Crippen LogP contribution < -0.4 is 0 Å². The third-order valence-corrected chi connectivity index (χ3v) is 5.87. The Morgan fingerprint density at radius 2 is 1.92 bits per heavy atom. The highest BCUT2D eigenvalue weighted by Crippen LogP contribution is 2.29. The minimum absolute atomic E-state index is 0.171. The molecule has 0 N–H and O–H groups in total. The van der Waals surface area contributed by atoms with Crippen LogP contribution in [0, 0.1) is 11.7 Å². The first-order chi connectivity index (χ1) is 11.5. The van der Waals surface area contributed by atoms with Crippen LogP contribution in [-0.2, 0) is 4.79 Å². The van der Waals surface area contributed by atoms with Crippen molar-refractivity contribution in [3.8, 4) is 0 Å². The molecule has 1 aromatic rings. The molecule has 5 heteroatoms. The molecular formula is C19H26ClFN2O. The largest absolute Gasteiger partial charge is 0.340 e. The monoisotopic (exact) mass is 352 g/mol. The van der Waals surface area contributed by atoms with Gasteiger partial charge in [0.25, 0.3) is 0 Å². The quantitative estimate of drug-likeness (QED) is 0.808. The maximum atomic E-state index is 13.3. The summed E-state index contributed by atoms with van der Waals surface area (Å²) in [4.78, 5) is 16.8. The zero-order valence-corrected chi connectivity index (χ0v) is 15.1. The number of rotatable bonds is 4. The van der Waals surface area contributed by atoms with Gasteiger partial charge in [-0.1, -0.05) is 30.5 Å². The van der Waals surface area contributed by atoms with Crippen molar-refractivity contribution in [2.45, 2.75) is 45.1 Å². The van der Waals surface area contributed by atoms with Crippen molar-refractivity contribution in [3.63, 3.8) is 0 Å². The van der Waals surface area contributed by atoms with E-state index < -0.39 is 0 Å². The fraction of sp³-hybridized carbons (Fsp3) is 0.632. The van der Waals surface area contributed by atoms with Gasteiger partial charge in [-0.2, -0.15) is 0 Å². The third-order valence-electron chi connectivity index (χ3n) is 5.58. The molecule has 0 radical (unpaired) electrons. The van der Waals surface area contributed by atoms with Gasteiger partial charge in [-0.15, -0.1) is 0 Å². The molecule has 2 aliphatic rings. The maximum absolute atomic E-state index is 13.3. The number of nitrogens with zero attached hydrogens (tertiary/aromatic N) is 2. The number of piperazine rings is 1. The van der Waals surface area contributed by atoms with Gasteiger partial charge >= 0.3 is 0 Å². The Hall–Kier alpha value is -1.13. The standard InChI is InChI=1S/C19H26ClFN2O/c1-14(16-6-7-18(21)17(20)13-16)22-8-10-23(11-9-22)19(24)12-15-4-2-3-5-15/h6-7,13-15H,2-5,8-12H2,1H3. The number of hydrogen-bond donors (Lipinski definition) is 0. The summed E-state index contributed by atoms with van der Waals surface area (Å²) < 4.78 is 13.3. The average molecular weight is 353 g/mol. The van der Waals surface area contributed by atoms with Crippen LogP contribution in [-0.4, -0.2) is 41.9 Å². The molecule has 1 aliphatic heterocycles. The zero-order chi connectivity index (χ0) is 17.1. The van der Waals surface area contributed by atoms with Gasteiger partial charge in [-0.25, -0.2) is 4.39 Å². The Kier molecular flexibility index (Phi) is 5.77. The minimum atomic E-state index is -0.380. The van der Waals surface area contributed by atoms with Crippen LogP contribution in [0.2, 0.25) is 5.02 Å². The summed E-state index contributed by atoms with van der Waals surface area (Å²) >= 11 is 5.90. The van der Waals surface area contributed by atoms with Crippen LogP contribution in [0.3, 0.4) is 0 Å². The summed E-state index contributed by atoms with van der Waals surface area (Å²) in [6.07, 6.45) is 5.72. The molecule has 0 aromatic heterocycles. The van der Waals surface area contributed by atoms with Gasteiger partial charge in [-0.05, 0) is 43.4 Å². The number of hydrogen-bond acceptors (Lipinski definition) is 2. The van der Waals surface area contributed by atoms with Gasteiger partial charge in [0.05, 0.1) is 5.02 Å². The van der Waals surface area contributed by atoms with Gasteiger partial charge in [-0.3, -0.25) is 9.69 Å². The lowest BCUT2D eigenvalue weighted by molar-refractivity contribution is -0.134. The molecule has 1 aliphatic carbocycles. The number of carbonyl (C=O) groups is 1. The number of halogens is 2. The van der Waals surface area contributed by atoms with Crippen molar-refractivity contribution >= 4 is 17.5 Å². The van der Waals surface area contributed by atoms with Crippen LogP contribution in [0.25, 0.3) is 0 Å². The third kappa shape index (κ3) is 4.09. The van der Waals surface area contributed by atoms with E-state index in [1.807, 2.05) is 4.90 Å². The van der Waals surface area contributed by atoms with E-state index in [4.69, 9.17) is 11.6 Å². The smallest absolute Gasteiger partial charge is 0.222 e. The number of benzene rings is 1. The van der Waals surface area contributed by atoms with E-state index >= 15 is 0 Å². The first-order valence-corrected chi connectivity index (χ1v) is 9.39. The van der Waals surface area contributed by atoms with E-state index in [9.17, 15) is 9.18 Å². The topological polar surface area (TPSA) is 23.6 Å². The molecule has 1 aromatic carbocycles. The number of carbonyl (C=O) groups excluding carboxylic acids is 1. The van der Waals surface area contributed by atoms with Crippen LogP contribution >= 0.6 is 11.6 Å². The zero-order valence-electron chi connectivity index (χ0n) is 14.3. The Morgan fingerprint density at radius 3 is 2.54 bits per heavy atom. The SMILES string of the molecule is CC(c1ccc(F)c(Cl)c1)N1CCN(C(=O)CC2CCCC2)CC1. The molecule has 1 atom stereocenters. The van der Waals surface area contributed by atoms with Gasteiger partial charge in [0.2, 0.25) is 5.91 Å². The molecule has 1 saturated carbocycles. The molecule has 1 heterocycles. The van der Waals surface area contributed by atoms with Crippen LogP contribution in [0.1, 0.15) is 50.6 Å². The van der Waals surface area contributed by atoms with Crippen molar-refractivity contribution < 1.29 is 9.18 Å². The van der Waals surface area contributed by atoms with Gasteiger partial charge in [0, 0.05) is 38.6 Å². The van der Waals surface area contributed by atoms with Crippen molar-refractivity contribution in [3.05, 3.63) is 34.6 Å². The summed E-state index contributed by atoms with van der Waals surface area (Å²) in [5.74, 6) is 0.546. The first-order valence-electron chi connectivity index (χ1n) is 9.01. The lowest BCUT2D eigenvalue weighted by Crippen LogP contribution is -2.49. The van der Waals surface area contributed by atoms with Crippen molar-refractivity contribution in [2.24, 2.45) is 5.92 Å². The summed E-state index contributed by atoms with van der Waals surface area (Å²) in [7, 11) is 0. The molecule has 0 bridgehead atoms. The highest BCUT2D eigenvalue weighted by Gasteiger charge is 2.27. The fourth-order valence-corrected chi connectivity index (χ4v) is 4.12. The predicted molar refractivity (Wildman–Crippen MR) is 94.6 cm³/mol. The first kappa shape index (κ1) is 17.7. The predicted octanol–water partition coefficient (Wildman–Crippen LogP) is 4.26. The molecule has 2 fully saturated rings. The summed E-state index contributed by atoms with van der Waals surface area (Å²) in [6, 6.07) is 5.10. The summed E-state index contributed by atoms with van der Waals surface area (Å²) in [5.41, 5.74) is 1.02. The average Bonchev–Trinajstić information content (AvgIpc) is 3.10. The van der Waals surface area contributed by atoms with E-state index in [2.05, 4.69) is 11.8 Å². The van der Waals surface area contributed by atoms with Crippen LogP contribution in [0.4, 0.5) is 4.39 Å². The highest BCUT2D eigenvalue weighted by atomic mass is 35.5. The summed E-state index contributed by atoms with van der Waals surface area (Å²) in [5, 5.41) is 0.171. The Bertz CT molecular complexity index is 581. The molecule has 1 amide bonds. The van der Waals surface area contributed by atoms with E-state index in [1.54, 1.807) is 12.1 Å². The minimum Gasteiger partial charge on any atom is -0.340 e. The Morgan fingerprint density at radius 1 is 1.25 bits per heavy atom. The van der Waals surface area contributed by atoms with Gasteiger partial charge in [0.15, 0.2) is 0 Å². The van der Waals surface area contributed by atoms with Gasteiger partial charge in [0.1, 0.15) is 5.82 Å². The lowest BCUT2D eigenvalue weighted by Gasteiger charge is -2.38. The van der Waals surface area contributed by atoms with Gasteiger partial charge < -0.3 is 4.90 Å². The van der Waals surface area contributed by atoms with Crippen molar-refractivity contribution in [2.75, 3.05) is 26.2 Å². The fourth-order valence-electron chi connectivity index (χ4n) is 3.93. The molecule has 1 saturated heterocycles. The van der Waals surface area contributed by atoms with Crippen molar-refractivity contribution in [1.29, 1.82) is 0 Å². The van der Waals surface area contributed by atoms with E-state index in [-0.39, 0.29) is 16.9 Å². The number of amides is 1. The Balaban J connectivity index is 1.52. The van der Waals surface area contributed by atoms with E-state index in [0.29, 0.717) is 11.8 Å². The van der Waals surface area contributed by atoms with Crippen LogP contribution in [0.15, 0.2) is 18.2 Å². The Labute approximate surface area is 148 Å². The lowest BCUT2D eigenvalue weighted by atomic mass is 10.0. The second-order valence-corrected chi connectivity index (χ2v) is 7.53. The second-order valence-electron chi connectivity index (χ2n) is 7.12. The van der Waals surface area contributed by atoms with E-state index in [1.165, 1.54) is 31.7 Å². The molecule has 1 unspecified atom stereocenters. The molecule has 3 nitrogen and oxygen atoms in total. The molecule has 0 spiro atoms. The van der Waals surface area contributed by atoms with Crippen molar-refractivity contribution in [1.82, 2.24) is 9.80 Å². The molecular weight excluding hydrogens is 327 g/mol. The summed E-state index contributed by atoms with van der Waals surface area (Å²) in [6.45, 7) is 5.38. The van der Waals surface area contributed by atoms with E-state index in [0.717, 1.165) is 38.2 Å². The highest BCUT2D eigenvalue weighted by molar-refractivity contribution is 6.30. The molecule has 3 rings (SSSR count). The second kappa shape index (κ2) is 7.83. The molecule has 132 valence electrons. The van der Waals surface area contributed by atoms with Crippen LogP contribution in [0.5, 0.6) is 0 Å². The maximum Gasteiger partial charge on any atom is 0.222 e.